The summed E-state index contributed by atoms with van der Waals surface area (Å²) in [6.07, 6.45) is 3.59. The first-order valence-corrected chi connectivity index (χ1v) is 11.9. The van der Waals surface area contributed by atoms with Gasteiger partial charge >= 0.3 is 0 Å². The number of likely N-dealkylation sites (tertiary alicyclic amines) is 1. The highest BCUT2D eigenvalue weighted by atomic mass is 32.2. The van der Waals surface area contributed by atoms with Gasteiger partial charge in [0.1, 0.15) is 16.7 Å². The van der Waals surface area contributed by atoms with Crippen LogP contribution in [-0.4, -0.2) is 52.1 Å². The summed E-state index contributed by atoms with van der Waals surface area (Å²) in [6.45, 7) is 3.98. The molecule has 7 heteroatoms. The number of phenolic OH excluding ortho intramolecular Hbond substituents is 1. The lowest BCUT2D eigenvalue weighted by atomic mass is 10.1. The summed E-state index contributed by atoms with van der Waals surface area (Å²) in [5.74, 6) is 2.97. The van der Waals surface area contributed by atoms with Crippen LogP contribution in [0.5, 0.6) is 11.5 Å². The van der Waals surface area contributed by atoms with Crippen molar-refractivity contribution >= 4 is 11.8 Å². The summed E-state index contributed by atoms with van der Waals surface area (Å²) in [7, 11) is 2.19. The predicted molar refractivity (Wildman–Crippen MR) is 124 cm³/mol. The molecule has 164 valence electrons. The van der Waals surface area contributed by atoms with E-state index in [0.717, 1.165) is 35.7 Å². The number of hydrogen-bond acceptors (Lipinski definition) is 7. The van der Waals surface area contributed by atoms with E-state index in [1.165, 1.54) is 19.4 Å². The molecular formula is C24H29N3O3S. The minimum Gasteiger partial charge on any atom is -0.508 e. The van der Waals surface area contributed by atoms with Crippen molar-refractivity contribution in [3.05, 3.63) is 60.0 Å². The fourth-order valence-electron chi connectivity index (χ4n) is 3.99. The van der Waals surface area contributed by atoms with Gasteiger partial charge in [-0.2, -0.15) is 4.98 Å². The second-order valence-electron chi connectivity index (χ2n) is 7.79. The first-order chi connectivity index (χ1) is 15.2. The van der Waals surface area contributed by atoms with Crippen molar-refractivity contribution in [3.63, 3.8) is 0 Å². The van der Waals surface area contributed by atoms with Crippen molar-refractivity contribution in [2.45, 2.75) is 37.5 Å². The van der Waals surface area contributed by atoms with Crippen LogP contribution < -0.4 is 4.74 Å². The van der Waals surface area contributed by atoms with Gasteiger partial charge in [-0.3, -0.25) is 0 Å². The molecule has 1 aromatic heterocycles. The molecule has 0 bridgehead atoms. The molecule has 0 spiro atoms. The Balaban J connectivity index is 1.41. The second kappa shape index (κ2) is 10.2. The zero-order chi connectivity index (χ0) is 21.6. The van der Waals surface area contributed by atoms with E-state index < -0.39 is 0 Å². The number of thioether (sulfide) groups is 1. The number of para-hydroxylation sites is 1. The highest BCUT2D eigenvalue weighted by Gasteiger charge is 2.24. The van der Waals surface area contributed by atoms with Crippen molar-refractivity contribution in [1.82, 2.24) is 15.0 Å². The molecule has 4 rings (SSSR count). The summed E-state index contributed by atoms with van der Waals surface area (Å²) < 4.78 is 11.5. The van der Waals surface area contributed by atoms with E-state index in [2.05, 4.69) is 29.0 Å². The molecule has 6 nitrogen and oxygen atoms in total. The molecule has 3 aromatic rings. The third kappa shape index (κ3) is 5.22. The van der Waals surface area contributed by atoms with Gasteiger partial charge in [0.05, 0.1) is 6.61 Å². The van der Waals surface area contributed by atoms with Gasteiger partial charge in [0.15, 0.2) is 0 Å². The third-order valence-corrected chi connectivity index (χ3v) is 6.84. The predicted octanol–water partition coefficient (Wildman–Crippen LogP) is 5.15. The molecule has 1 saturated heterocycles. The Morgan fingerprint density at radius 1 is 1.23 bits per heavy atom. The van der Waals surface area contributed by atoms with Gasteiger partial charge in [-0.15, -0.1) is 11.8 Å². The standard InChI is InChI=1S/C24H29N3O3S/c1-3-31-22(20-8-4-5-9-21(20)28)24-25-23(26-30-24)17-10-12-19(13-11-17)29-16-14-18-7-6-15-27(18)2/h4-5,8-13,18,22,28H,3,6-7,14-16H2,1-2H3. The van der Waals surface area contributed by atoms with Gasteiger partial charge in [-0.1, -0.05) is 30.3 Å². The van der Waals surface area contributed by atoms with Crippen LogP contribution in [0.15, 0.2) is 53.1 Å². The van der Waals surface area contributed by atoms with E-state index in [-0.39, 0.29) is 11.0 Å². The van der Waals surface area contributed by atoms with Gasteiger partial charge in [-0.05, 0) is 68.9 Å². The lowest BCUT2D eigenvalue weighted by Gasteiger charge is -2.19. The molecule has 1 N–H and O–H groups in total. The highest BCUT2D eigenvalue weighted by molar-refractivity contribution is 7.99. The molecule has 31 heavy (non-hydrogen) atoms. The number of aromatic hydroxyl groups is 1. The molecule has 1 aliphatic rings. The summed E-state index contributed by atoms with van der Waals surface area (Å²) in [6, 6.07) is 15.7. The molecule has 1 aliphatic heterocycles. The minimum atomic E-state index is -0.205. The average molecular weight is 440 g/mol. The van der Waals surface area contributed by atoms with Crippen LogP contribution in [0.4, 0.5) is 0 Å². The van der Waals surface area contributed by atoms with Crippen molar-refractivity contribution in [2.24, 2.45) is 0 Å². The molecule has 1 fully saturated rings. The van der Waals surface area contributed by atoms with Crippen LogP contribution in [0.1, 0.15) is 42.9 Å². The molecule has 2 unspecified atom stereocenters. The van der Waals surface area contributed by atoms with Crippen LogP contribution in [0.25, 0.3) is 11.4 Å². The lowest BCUT2D eigenvalue weighted by Crippen LogP contribution is -2.26. The van der Waals surface area contributed by atoms with E-state index in [1.54, 1.807) is 23.9 Å². The fourth-order valence-corrected chi connectivity index (χ4v) is 4.94. The van der Waals surface area contributed by atoms with E-state index in [4.69, 9.17) is 9.26 Å². The Hall–Kier alpha value is -2.51. The average Bonchev–Trinajstić information content (AvgIpc) is 3.43. The number of phenols is 1. The summed E-state index contributed by atoms with van der Waals surface area (Å²) in [5.41, 5.74) is 1.65. The molecule has 0 saturated carbocycles. The maximum atomic E-state index is 10.3. The molecule has 2 heterocycles. The van der Waals surface area contributed by atoms with Crippen LogP contribution in [0, 0.1) is 0 Å². The number of hydrogen-bond donors (Lipinski definition) is 1. The SMILES string of the molecule is CCSC(c1nc(-c2ccc(OCCC3CCCN3C)cc2)no1)c1ccccc1O. The lowest BCUT2D eigenvalue weighted by molar-refractivity contribution is 0.233. The highest BCUT2D eigenvalue weighted by Crippen LogP contribution is 2.39. The van der Waals surface area contributed by atoms with E-state index in [1.807, 2.05) is 36.4 Å². The third-order valence-electron chi connectivity index (χ3n) is 5.72. The summed E-state index contributed by atoms with van der Waals surface area (Å²) in [4.78, 5) is 7.03. The van der Waals surface area contributed by atoms with Gasteiger partial charge < -0.3 is 19.3 Å². The smallest absolute Gasteiger partial charge is 0.244 e. The van der Waals surface area contributed by atoms with Gasteiger partial charge in [0.25, 0.3) is 0 Å². The molecule has 0 aliphatic carbocycles. The molecule has 2 aromatic carbocycles. The maximum Gasteiger partial charge on any atom is 0.244 e. The van der Waals surface area contributed by atoms with Crippen LogP contribution in [-0.2, 0) is 0 Å². The molecule has 0 amide bonds. The first kappa shape index (κ1) is 21.7. The largest absolute Gasteiger partial charge is 0.508 e. The Kier molecular flexibility index (Phi) is 7.14. The maximum absolute atomic E-state index is 10.3. The Bertz CT molecular complexity index is 976. The monoisotopic (exact) mass is 439 g/mol. The number of benzene rings is 2. The van der Waals surface area contributed by atoms with E-state index in [9.17, 15) is 5.11 Å². The fraction of sp³-hybridized carbons (Fsp3) is 0.417. The quantitative estimate of drug-likeness (QED) is 0.494. The second-order valence-corrected chi connectivity index (χ2v) is 9.17. The van der Waals surface area contributed by atoms with Gasteiger partial charge in [0, 0.05) is 17.2 Å². The number of aromatic nitrogens is 2. The summed E-state index contributed by atoms with van der Waals surface area (Å²) >= 11 is 1.65. The summed E-state index contributed by atoms with van der Waals surface area (Å²) in [5, 5.41) is 14.2. The number of nitrogens with zero attached hydrogens (tertiary/aromatic N) is 3. The van der Waals surface area contributed by atoms with Crippen molar-refractivity contribution in [1.29, 1.82) is 0 Å². The Morgan fingerprint density at radius 3 is 2.74 bits per heavy atom. The Labute approximate surface area is 187 Å². The number of ether oxygens (including phenoxy) is 1. The van der Waals surface area contributed by atoms with E-state index in [0.29, 0.717) is 17.8 Å². The molecule has 0 radical (unpaired) electrons. The first-order valence-electron chi connectivity index (χ1n) is 10.8. The number of rotatable bonds is 9. The topological polar surface area (TPSA) is 71.6 Å². The normalized spacial score (nSPS) is 17.7. The van der Waals surface area contributed by atoms with Crippen LogP contribution in [0.3, 0.4) is 0 Å². The van der Waals surface area contributed by atoms with Gasteiger partial charge in [0.2, 0.25) is 11.7 Å². The van der Waals surface area contributed by atoms with Crippen LogP contribution >= 0.6 is 11.8 Å². The Morgan fingerprint density at radius 2 is 2.03 bits per heavy atom. The minimum absolute atomic E-state index is 0.205. The zero-order valence-corrected chi connectivity index (χ0v) is 18.8. The van der Waals surface area contributed by atoms with E-state index >= 15 is 0 Å². The van der Waals surface area contributed by atoms with Crippen molar-refractivity contribution in [3.8, 4) is 22.9 Å². The van der Waals surface area contributed by atoms with Crippen LogP contribution in [0.2, 0.25) is 0 Å². The zero-order valence-electron chi connectivity index (χ0n) is 18.0. The van der Waals surface area contributed by atoms with Crippen molar-refractivity contribution < 1.29 is 14.4 Å². The van der Waals surface area contributed by atoms with Gasteiger partial charge in [-0.25, -0.2) is 0 Å². The van der Waals surface area contributed by atoms with Crippen molar-refractivity contribution in [2.75, 3.05) is 26.0 Å². The molecular weight excluding hydrogens is 410 g/mol. The molecule has 2 atom stereocenters.